The highest BCUT2D eigenvalue weighted by Crippen LogP contribution is 2.26. The lowest BCUT2D eigenvalue weighted by Crippen LogP contribution is -2.56. The van der Waals surface area contributed by atoms with Crippen LogP contribution in [0.15, 0.2) is 36.4 Å². The molecule has 0 fully saturated rings. The van der Waals surface area contributed by atoms with E-state index in [0.29, 0.717) is 15.9 Å². The molecule has 0 spiro atoms. The molecule has 0 bridgehead atoms. The van der Waals surface area contributed by atoms with Gasteiger partial charge in [-0.05, 0) is 36.4 Å². The van der Waals surface area contributed by atoms with Gasteiger partial charge in [-0.3, -0.25) is 0 Å². The Balaban J connectivity index is 0.000000891. The summed E-state index contributed by atoms with van der Waals surface area (Å²) in [7, 11) is 1.42. The van der Waals surface area contributed by atoms with Crippen molar-refractivity contribution in [3.63, 3.8) is 0 Å². The molecule has 0 aromatic heterocycles. The summed E-state index contributed by atoms with van der Waals surface area (Å²) in [6.07, 6.45) is 1.34. The van der Waals surface area contributed by atoms with Crippen LogP contribution >= 0.6 is 0 Å². The van der Waals surface area contributed by atoms with E-state index in [1.54, 1.807) is 12.1 Å². The first-order valence-corrected chi connectivity index (χ1v) is 6.72. The van der Waals surface area contributed by atoms with Crippen molar-refractivity contribution < 1.29 is 30.0 Å². The van der Waals surface area contributed by atoms with Gasteiger partial charge >= 0.3 is 0 Å². The molecule has 0 heterocycles. The largest absolute Gasteiger partial charge is 0.626 e. The summed E-state index contributed by atoms with van der Waals surface area (Å²) in [6.45, 7) is 2.69. The maximum atomic E-state index is 11.9. The maximum Gasteiger partial charge on any atom is 0.182 e. The Labute approximate surface area is 138 Å². The van der Waals surface area contributed by atoms with Crippen molar-refractivity contribution in [2.24, 2.45) is 0 Å². The molecule has 0 amide bonds. The standard InChI is InChI=1S/C15H15NO5.CH3NO/c1-21-15-7-11(3-5-13(15)18)9-16(20)8-10-2-4-12(17)14(19)6-10;1-2-3/h2-7,9,17-19H,8H2,1H3;2H,1H2. The van der Waals surface area contributed by atoms with E-state index in [-0.39, 0.29) is 29.5 Å². The van der Waals surface area contributed by atoms with Gasteiger partial charge in [-0.2, -0.15) is 0 Å². The molecule has 8 nitrogen and oxygen atoms in total. The topological polar surface area (TPSA) is 133 Å². The van der Waals surface area contributed by atoms with Crippen molar-refractivity contribution in [2.75, 3.05) is 7.11 Å². The highest BCUT2D eigenvalue weighted by molar-refractivity contribution is 5.77. The second kappa shape index (κ2) is 8.89. The third-order valence-electron chi connectivity index (χ3n) is 2.88. The molecule has 2 rings (SSSR count). The Morgan fingerprint density at radius 3 is 2.33 bits per heavy atom. The zero-order valence-electron chi connectivity index (χ0n) is 13.0. The number of phenolic OH excluding ortho intramolecular Hbond substituents is 3. The molecule has 24 heavy (non-hydrogen) atoms. The van der Waals surface area contributed by atoms with Crippen LogP contribution in [-0.2, 0) is 6.54 Å². The number of aromatic hydroxyl groups is 3. The van der Waals surface area contributed by atoms with E-state index in [9.17, 15) is 20.5 Å². The zero-order chi connectivity index (χ0) is 18.1. The molecule has 0 unspecified atom stereocenters. The number of benzene rings is 2. The van der Waals surface area contributed by atoms with Crippen LogP contribution in [0.1, 0.15) is 11.1 Å². The summed E-state index contributed by atoms with van der Waals surface area (Å²) in [4.78, 5) is 0. The number of phenols is 3. The van der Waals surface area contributed by atoms with Gasteiger partial charge in [-0.1, -0.05) is 0 Å². The summed E-state index contributed by atoms with van der Waals surface area (Å²) in [5.74, 6) is -0.231. The van der Waals surface area contributed by atoms with Crippen LogP contribution in [0, 0.1) is 10.4 Å². The minimum Gasteiger partial charge on any atom is -0.626 e. The van der Waals surface area contributed by atoms with Gasteiger partial charge in [-0.15, -0.1) is 0 Å². The highest BCUT2D eigenvalue weighted by Gasteiger charge is 2.06. The van der Waals surface area contributed by atoms with E-state index in [1.165, 1.54) is 42.7 Å². The number of ether oxygens (including phenoxy) is 1. The first-order chi connectivity index (χ1) is 11.4. The molecule has 4 N–H and O–H groups in total. The summed E-state index contributed by atoms with van der Waals surface area (Å²) >= 11 is 0. The molecule has 0 radical (unpaired) electrons. The third kappa shape index (κ3) is 5.41. The fourth-order valence-electron chi connectivity index (χ4n) is 1.83. The number of nitrogens with one attached hydrogen (secondary N) is 1. The van der Waals surface area contributed by atoms with Crippen LogP contribution in [0.2, 0.25) is 0 Å². The average Bonchev–Trinajstić information content (AvgIpc) is 2.53. The Morgan fingerprint density at radius 1 is 1.12 bits per heavy atom. The highest BCUT2D eigenvalue weighted by atomic mass is 16.5. The van der Waals surface area contributed by atoms with E-state index >= 15 is 0 Å². The summed E-state index contributed by atoms with van der Waals surface area (Å²) in [5.41, 5.74) is 1.13. The molecular weight excluding hydrogens is 316 g/mol. The van der Waals surface area contributed by atoms with Crippen LogP contribution in [-0.4, -0.2) is 40.1 Å². The molecule has 0 atom stereocenters. The monoisotopic (exact) mass is 334 g/mol. The second-order valence-corrected chi connectivity index (χ2v) is 4.60. The Kier molecular flexibility index (Phi) is 6.90. The maximum absolute atomic E-state index is 11.9. The summed E-state index contributed by atoms with van der Waals surface area (Å²) < 4.78 is 5.64. The van der Waals surface area contributed by atoms with Gasteiger partial charge in [0.1, 0.15) is 6.72 Å². The lowest BCUT2D eigenvalue weighted by molar-refractivity contribution is -0.469. The fourth-order valence-corrected chi connectivity index (χ4v) is 1.83. The molecule has 128 valence electrons. The predicted octanol–water partition coefficient (Wildman–Crippen LogP) is 0.207. The minimum absolute atomic E-state index is 0.00411. The number of nitrogens with zero attached hydrogens (tertiary/aromatic N) is 1. The lowest BCUT2D eigenvalue weighted by atomic mass is 10.2. The number of hydroxylamine groups is 1. The molecule has 2 aromatic carbocycles. The van der Waals surface area contributed by atoms with Gasteiger partial charge in [0.05, 0.1) is 7.11 Å². The molecule has 0 saturated carbocycles. The first kappa shape index (κ1) is 18.6. The third-order valence-corrected chi connectivity index (χ3v) is 2.88. The normalized spacial score (nSPS) is 10.5. The van der Waals surface area contributed by atoms with Gasteiger partial charge in [0.25, 0.3) is 0 Å². The fraction of sp³-hybridized carbons (Fsp3) is 0.125. The van der Waals surface area contributed by atoms with Gasteiger partial charge in [0, 0.05) is 11.1 Å². The molecule has 2 aromatic rings. The van der Waals surface area contributed by atoms with E-state index in [4.69, 9.17) is 9.94 Å². The van der Waals surface area contributed by atoms with Crippen LogP contribution in [0.25, 0.3) is 0 Å². The molecule has 0 aliphatic rings. The predicted molar refractivity (Wildman–Crippen MR) is 88.4 cm³/mol. The Hall–Kier alpha value is -3.42. The number of rotatable bonds is 4. The van der Waals surface area contributed by atoms with E-state index in [0.717, 1.165) is 0 Å². The van der Waals surface area contributed by atoms with E-state index < -0.39 is 0 Å². The van der Waals surface area contributed by atoms with Crippen molar-refractivity contribution in [1.29, 1.82) is 0 Å². The van der Waals surface area contributed by atoms with Crippen molar-refractivity contribution in [3.05, 3.63) is 57.9 Å². The molecule has 0 aliphatic carbocycles. The van der Waals surface area contributed by atoms with Crippen molar-refractivity contribution in [3.8, 4) is 23.0 Å². The van der Waals surface area contributed by atoms with Gasteiger partial charge in [0.2, 0.25) is 0 Å². The van der Waals surface area contributed by atoms with Gasteiger partial charge < -0.3 is 30.5 Å². The van der Waals surface area contributed by atoms with E-state index in [1.807, 2.05) is 0 Å². The van der Waals surface area contributed by atoms with Crippen molar-refractivity contribution in [2.45, 2.75) is 6.54 Å². The Morgan fingerprint density at radius 2 is 1.75 bits per heavy atom. The first-order valence-electron chi connectivity index (χ1n) is 6.72. The smallest absolute Gasteiger partial charge is 0.182 e. The lowest BCUT2D eigenvalue weighted by Gasteiger charge is -2.07. The van der Waals surface area contributed by atoms with Crippen LogP contribution in [0.3, 0.4) is 0 Å². The van der Waals surface area contributed by atoms with Crippen LogP contribution in [0.5, 0.6) is 23.0 Å². The summed E-state index contributed by atoms with van der Waals surface area (Å²) in [5, 5.41) is 49.8. The molecule has 0 aliphatic heterocycles. The van der Waals surface area contributed by atoms with Crippen molar-refractivity contribution in [1.82, 2.24) is 0 Å². The SMILES string of the molecule is C=[NH+][O-].COc1cc(C=[N+]([O-])Cc2ccc(O)c(O)c2)ccc1O. The summed E-state index contributed by atoms with van der Waals surface area (Å²) in [6, 6.07) is 8.75. The molecular formula is C16H18N2O6. The van der Waals surface area contributed by atoms with E-state index in [2.05, 4.69) is 6.72 Å². The Bertz CT molecular complexity index is 731. The van der Waals surface area contributed by atoms with Gasteiger partial charge in [-0.25, -0.2) is 9.89 Å². The van der Waals surface area contributed by atoms with Gasteiger partial charge in [0.15, 0.2) is 35.8 Å². The second-order valence-electron chi connectivity index (χ2n) is 4.60. The minimum atomic E-state index is -0.271. The zero-order valence-corrected chi connectivity index (χ0v) is 13.0. The molecule has 0 saturated heterocycles. The number of hydrogen-bond acceptors (Lipinski definition) is 6. The van der Waals surface area contributed by atoms with Crippen molar-refractivity contribution >= 4 is 12.9 Å². The quantitative estimate of drug-likeness (QED) is 0.208. The number of hydrogen-bond donors (Lipinski definition) is 4. The number of methoxy groups -OCH3 is 1. The molecule has 8 heteroatoms. The average molecular weight is 334 g/mol. The van der Waals surface area contributed by atoms with Crippen LogP contribution in [0.4, 0.5) is 0 Å². The van der Waals surface area contributed by atoms with Crippen LogP contribution < -0.4 is 9.89 Å².